The van der Waals surface area contributed by atoms with Crippen LogP contribution in [0.15, 0.2) is 35.1 Å². The second-order valence-corrected chi connectivity index (χ2v) is 6.38. The number of nitriles is 1. The van der Waals surface area contributed by atoms with Gasteiger partial charge in [-0.3, -0.25) is 4.79 Å². The zero-order valence-electron chi connectivity index (χ0n) is 13.5. The van der Waals surface area contributed by atoms with Crippen molar-refractivity contribution in [3.63, 3.8) is 0 Å². The van der Waals surface area contributed by atoms with E-state index < -0.39 is 17.3 Å². The van der Waals surface area contributed by atoms with Gasteiger partial charge in [-0.2, -0.15) is 5.26 Å². The lowest BCUT2D eigenvalue weighted by Gasteiger charge is -2.48. The number of H-pyrrole nitrogens is 1. The Labute approximate surface area is 138 Å². The van der Waals surface area contributed by atoms with Crippen LogP contribution in [0.2, 0.25) is 0 Å². The van der Waals surface area contributed by atoms with Crippen molar-refractivity contribution in [3.8, 4) is 17.7 Å². The van der Waals surface area contributed by atoms with Crippen LogP contribution in [-0.4, -0.2) is 26.5 Å². The van der Waals surface area contributed by atoms with Gasteiger partial charge in [-0.25, -0.2) is 5.10 Å². The molecule has 0 amide bonds. The molecule has 0 radical (unpaired) electrons. The second-order valence-electron chi connectivity index (χ2n) is 6.38. The molecule has 7 heteroatoms. The summed E-state index contributed by atoms with van der Waals surface area (Å²) < 4.78 is 11.8. The zero-order chi connectivity index (χ0) is 17.5. The molecule has 0 aliphatic carbocycles. The van der Waals surface area contributed by atoms with E-state index in [1.807, 2.05) is 0 Å². The molecule has 0 fully saturated rings. The van der Waals surface area contributed by atoms with Crippen molar-refractivity contribution >= 4 is 0 Å². The van der Waals surface area contributed by atoms with Gasteiger partial charge in [-0.15, -0.1) is 5.10 Å². The lowest BCUT2D eigenvalue weighted by Crippen LogP contribution is -2.59. The molecule has 2 heterocycles. The summed E-state index contributed by atoms with van der Waals surface area (Å²) in [5, 5.41) is 26.3. The predicted molar refractivity (Wildman–Crippen MR) is 84.7 cm³/mol. The Morgan fingerprint density at radius 3 is 2.71 bits per heavy atom. The topological polar surface area (TPSA) is 108 Å². The number of nitrogens with zero attached hydrogens (tertiary/aromatic N) is 2. The minimum atomic E-state index is -1.41. The highest BCUT2D eigenvalue weighted by Crippen LogP contribution is 2.48. The summed E-state index contributed by atoms with van der Waals surface area (Å²) in [5.74, 6) is 0.686. The fourth-order valence-corrected chi connectivity index (χ4v) is 2.61. The number of fused-ring (bicyclic) bond motifs is 1. The quantitative estimate of drug-likeness (QED) is 0.869. The van der Waals surface area contributed by atoms with Gasteiger partial charge >= 0.3 is 0 Å². The Morgan fingerprint density at radius 2 is 2.08 bits per heavy atom. The number of aromatic nitrogens is 2. The van der Waals surface area contributed by atoms with Crippen molar-refractivity contribution in [2.24, 2.45) is 0 Å². The number of ether oxygens (including phenoxy) is 2. The number of hydrogen-bond donors (Lipinski definition) is 2. The minimum absolute atomic E-state index is 0.158. The summed E-state index contributed by atoms with van der Waals surface area (Å²) in [4.78, 5) is 11.1. The van der Waals surface area contributed by atoms with E-state index in [1.54, 1.807) is 39.0 Å². The first-order valence-electron chi connectivity index (χ1n) is 7.42. The molecular formula is C17H17N3O4. The van der Waals surface area contributed by atoms with Gasteiger partial charge in [0.2, 0.25) is 5.88 Å². The van der Waals surface area contributed by atoms with E-state index in [9.17, 15) is 9.90 Å². The van der Waals surface area contributed by atoms with E-state index in [4.69, 9.17) is 14.7 Å². The number of aliphatic hydroxyl groups is 1. The monoisotopic (exact) mass is 327 g/mol. The van der Waals surface area contributed by atoms with Gasteiger partial charge in [0, 0.05) is 17.7 Å². The van der Waals surface area contributed by atoms with Gasteiger partial charge in [-0.1, -0.05) is 0 Å². The summed E-state index contributed by atoms with van der Waals surface area (Å²) in [7, 11) is 0. The van der Waals surface area contributed by atoms with E-state index in [0.29, 0.717) is 16.9 Å². The number of benzene rings is 1. The smallest absolute Gasteiger partial charge is 0.264 e. The van der Waals surface area contributed by atoms with Crippen LogP contribution in [-0.2, 0) is 0 Å². The van der Waals surface area contributed by atoms with Gasteiger partial charge < -0.3 is 14.6 Å². The lowest BCUT2D eigenvalue weighted by molar-refractivity contribution is -0.175. The van der Waals surface area contributed by atoms with Crippen LogP contribution in [0.25, 0.3) is 0 Å². The molecule has 1 aliphatic rings. The van der Waals surface area contributed by atoms with Crippen molar-refractivity contribution < 1.29 is 14.6 Å². The van der Waals surface area contributed by atoms with Crippen molar-refractivity contribution in [1.82, 2.24) is 10.2 Å². The molecular weight excluding hydrogens is 310 g/mol. The summed E-state index contributed by atoms with van der Waals surface area (Å²) in [5.41, 5.74) is -1.73. The van der Waals surface area contributed by atoms with Crippen LogP contribution in [0, 0.1) is 11.3 Å². The van der Waals surface area contributed by atoms with Crippen molar-refractivity contribution in [2.45, 2.75) is 38.1 Å². The molecule has 0 spiro atoms. The van der Waals surface area contributed by atoms with Crippen molar-refractivity contribution in [3.05, 3.63) is 51.8 Å². The van der Waals surface area contributed by atoms with Gasteiger partial charge in [-0.05, 0) is 39.0 Å². The first-order valence-corrected chi connectivity index (χ1v) is 7.42. The van der Waals surface area contributed by atoms with Gasteiger partial charge in [0.25, 0.3) is 5.56 Å². The van der Waals surface area contributed by atoms with E-state index >= 15 is 0 Å². The Balaban J connectivity index is 2.11. The van der Waals surface area contributed by atoms with E-state index in [1.165, 1.54) is 12.1 Å². The first kappa shape index (κ1) is 16.0. The van der Waals surface area contributed by atoms with Crippen molar-refractivity contribution in [1.29, 1.82) is 5.26 Å². The van der Waals surface area contributed by atoms with Crippen LogP contribution in [0.5, 0.6) is 11.6 Å². The molecule has 1 unspecified atom stereocenters. The van der Waals surface area contributed by atoms with Crippen LogP contribution in [0.3, 0.4) is 0 Å². The van der Waals surface area contributed by atoms with Gasteiger partial charge in [0.1, 0.15) is 17.0 Å². The number of aromatic amines is 1. The zero-order valence-corrected chi connectivity index (χ0v) is 13.5. The average Bonchev–Trinajstić information content (AvgIpc) is 2.53. The summed E-state index contributed by atoms with van der Waals surface area (Å²) in [6, 6.07) is 9.71. The maximum Gasteiger partial charge on any atom is 0.264 e. The molecule has 2 N–H and O–H groups in total. The predicted octanol–water partition coefficient (Wildman–Crippen LogP) is 1.68. The molecule has 124 valence electrons. The van der Waals surface area contributed by atoms with Crippen LogP contribution in [0.4, 0.5) is 0 Å². The Hall–Kier alpha value is -2.85. The van der Waals surface area contributed by atoms with Crippen LogP contribution in [0.1, 0.15) is 38.0 Å². The maximum absolute atomic E-state index is 11.1. The molecule has 0 saturated carbocycles. The average molecular weight is 327 g/mol. The highest BCUT2D eigenvalue weighted by molar-refractivity contribution is 5.47. The number of hydrogen-bond acceptors (Lipinski definition) is 6. The second kappa shape index (κ2) is 5.35. The molecule has 24 heavy (non-hydrogen) atoms. The fraction of sp³-hybridized carbons (Fsp3) is 0.353. The minimum Gasteiger partial charge on any atom is -0.484 e. The molecule has 0 bridgehead atoms. The molecule has 1 aromatic heterocycles. The van der Waals surface area contributed by atoms with E-state index in [2.05, 4.69) is 16.3 Å². The van der Waals surface area contributed by atoms with Crippen LogP contribution < -0.4 is 15.0 Å². The molecule has 0 saturated heterocycles. The third-order valence-electron chi connectivity index (χ3n) is 4.41. The summed E-state index contributed by atoms with van der Waals surface area (Å²) >= 11 is 0. The molecule has 7 nitrogen and oxygen atoms in total. The molecule has 3 rings (SSSR count). The van der Waals surface area contributed by atoms with Gasteiger partial charge in [0.15, 0.2) is 6.10 Å². The highest BCUT2D eigenvalue weighted by atomic mass is 16.6. The first-order chi connectivity index (χ1) is 11.2. The lowest BCUT2D eigenvalue weighted by atomic mass is 9.77. The standard InChI is InChI=1S/C17H17N3O4/c1-16(2)17(3,22)15(23-14-7-6-13(21)19-20-14)11-8-10(9-18)4-5-12(11)24-16/h4-8,15,22H,1-3H3,(H,19,21)/t15?,17-/m1/s1. The fourth-order valence-electron chi connectivity index (χ4n) is 2.61. The highest BCUT2D eigenvalue weighted by Gasteiger charge is 2.54. The number of rotatable bonds is 2. The molecule has 2 atom stereocenters. The van der Waals surface area contributed by atoms with Gasteiger partial charge in [0.05, 0.1) is 11.6 Å². The third-order valence-corrected chi connectivity index (χ3v) is 4.41. The maximum atomic E-state index is 11.1. The number of nitrogens with one attached hydrogen (secondary N) is 1. The van der Waals surface area contributed by atoms with Crippen LogP contribution >= 0.6 is 0 Å². The Morgan fingerprint density at radius 1 is 1.33 bits per heavy atom. The van der Waals surface area contributed by atoms with E-state index in [0.717, 1.165) is 0 Å². The molecule has 1 aliphatic heterocycles. The van der Waals surface area contributed by atoms with Crippen molar-refractivity contribution in [2.75, 3.05) is 0 Å². The largest absolute Gasteiger partial charge is 0.484 e. The Bertz CT molecular complexity index is 860. The SMILES string of the molecule is CC1(C)Oc2ccc(C#N)cc2C(Oc2ccc(=O)[nH]n2)[C@@]1(C)O. The summed E-state index contributed by atoms with van der Waals surface area (Å²) in [6.45, 7) is 5.11. The van der Waals surface area contributed by atoms with E-state index in [-0.39, 0.29) is 11.4 Å². The molecule has 2 aromatic rings. The molecule has 1 aromatic carbocycles. The third kappa shape index (κ3) is 2.51. The summed E-state index contributed by atoms with van der Waals surface area (Å²) in [6.07, 6.45) is -0.831. The Kier molecular flexibility index (Phi) is 3.57. The normalized spacial score (nSPS) is 24.4.